The van der Waals surface area contributed by atoms with Gasteiger partial charge in [0.15, 0.2) is 0 Å². The second kappa shape index (κ2) is 5.05. The predicted molar refractivity (Wildman–Crippen MR) is 82.7 cm³/mol. The predicted octanol–water partition coefficient (Wildman–Crippen LogP) is 3.05. The number of hydrogen-bond donors (Lipinski definition) is 2. The topological polar surface area (TPSA) is 47.3 Å². The van der Waals surface area contributed by atoms with E-state index in [0.29, 0.717) is 18.2 Å². The van der Waals surface area contributed by atoms with Gasteiger partial charge >= 0.3 is 0 Å². The van der Waals surface area contributed by atoms with Crippen molar-refractivity contribution in [3.63, 3.8) is 0 Å². The Morgan fingerprint density at radius 1 is 1.40 bits per heavy atom. The van der Waals surface area contributed by atoms with Gasteiger partial charge < -0.3 is 15.8 Å². The van der Waals surface area contributed by atoms with Crippen molar-refractivity contribution in [2.45, 2.75) is 58.2 Å². The highest BCUT2D eigenvalue weighted by Crippen LogP contribution is 2.45. The number of hydrogen-bond acceptors (Lipinski definition) is 3. The number of rotatable bonds is 4. The maximum absolute atomic E-state index is 5.87. The molecule has 2 aliphatic carbocycles. The van der Waals surface area contributed by atoms with Crippen LogP contribution >= 0.6 is 0 Å². The molecule has 2 aliphatic rings. The zero-order valence-corrected chi connectivity index (χ0v) is 12.8. The molecule has 0 radical (unpaired) electrons. The number of aryl methyl sites for hydroxylation is 1. The summed E-state index contributed by atoms with van der Waals surface area (Å²) in [5.74, 6) is 0. The van der Waals surface area contributed by atoms with E-state index in [0.717, 1.165) is 25.1 Å². The molecule has 1 fully saturated rings. The van der Waals surface area contributed by atoms with Crippen LogP contribution in [0.25, 0.3) is 0 Å². The number of fused-ring (bicyclic) bond motifs is 1. The monoisotopic (exact) mass is 274 g/mol. The number of nitrogen functional groups attached to an aromatic ring is 1. The Morgan fingerprint density at radius 3 is 2.90 bits per heavy atom. The van der Waals surface area contributed by atoms with Crippen LogP contribution in [0.1, 0.15) is 50.8 Å². The summed E-state index contributed by atoms with van der Waals surface area (Å²) in [7, 11) is 0. The maximum atomic E-state index is 5.87. The zero-order chi connectivity index (χ0) is 14.3. The first-order valence-electron chi connectivity index (χ1n) is 7.78. The summed E-state index contributed by atoms with van der Waals surface area (Å²) < 4.78 is 5.82. The highest BCUT2D eigenvalue weighted by Gasteiger charge is 2.49. The second-order valence-electron chi connectivity index (χ2n) is 6.77. The Kier molecular flexibility index (Phi) is 3.51. The fourth-order valence-corrected chi connectivity index (χ4v) is 3.71. The first-order chi connectivity index (χ1) is 9.52. The lowest BCUT2D eigenvalue weighted by molar-refractivity contribution is -0.116. The molecule has 3 nitrogen and oxygen atoms in total. The van der Waals surface area contributed by atoms with E-state index in [-0.39, 0.29) is 5.41 Å². The molecule has 1 saturated carbocycles. The molecule has 110 valence electrons. The third kappa shape index (κ3) is 2.23. The summed E-state index contributed by atoms with van der Waals surface area (Å²) >= 11 is 0. The third-order valence-corrected chi connectivity index (χ3v) is 5.19. The van der Waals surface area contributed by atoms with Gasteiger partial charge in [0, 0.05) is 29.8 Å². The maximum Gasteiger partial charge on any atom is 0.0655 e. The first-order valence-corrected chi connectivity index (χ1v) is 7.78. The molecule has 0 aromatic heterocycles. The highest BCUT2D eigenvalue weighted by molar-refractivity contribution is 5.47. The Balaban J connectivity index is 1.67. The van der Waals surface area contributed by atoms with Crippen molar-refractivity contribution < 1.29 is 4.74 Å². The van der Waals surface area contributed by atoms with E-state index in [2.05, 4.69) is 38.2 Å². The van der Waals surface area contributed by atoms with Crippen molar-refractivity contribution in [2.24, 2.45) is 5.41 Å². The van der Waals surface area contributed by atoms with Gasteiger partial charge in [-0.05, 0) is 49.4 Å². The number of nitrogens with two attached hydrogens (primary N) is 1. The zero-order valence-electron chi connectivity index (χ0n) is 12.8. The Bertz CT molecular complexity index is 498. The Morgan fingerprint density at radius 2 is 2.20 bits per heavy atom. The highest BCUT2D eigenvalue weighted by atomic mass is 16.5. The largest absolute Gasteiger partial charge is 0.399 e. The minimum atomic E-state index is 0.229. The normalized spacial score (nSPS) is 30.9. The second-order valence-corrected chi connectivity index (χ2v) is 6.77. The van der Waals surface area contributed by atoms with E-state index in [1.165, 1.54) is 17.5 Å². The van der Waals surface area contributed by atoms with Crippen LogP contribution in [0, 0.1) is 5.41 Å². The fourth-order valence-electron chi connectivity index (χ4n) is 3.71. The fraction of sp³-hybridized carbons (Fsp3) is 0.647. The van der Waals surface area contributed by atoms with Gasteiger partial charge in [0.05, 0.1) is 6.10 Å². The lowest BCUT2D eigenvalue weighted by Gasteiger charge is -2.52. The van der Waals surface area contributed by atoms with Gasteiger partial charge in [0.25, 0.3) is 0 Å². The summed E-state index contributed by atoms with van der Waals surface area (Å²) in [5.41, 5.74) is 9.84. The van der Waals surface area contributed by atoms with E-state index in [9.17, 15) is 0 Å². The van der Waals surface area contributed by atoms with Gasteiger partial charge in [0.1, 0.15) is 0 Å². The Hall–Kier alpha value is -1.06. The van der Waals surface area contributed by atoms with Crippen LogP contribution in [0.4, 0.5) is 5.69 Å². The van der Waals surface area contributed by atoms with Crippen LogP contribution in [-0.4, -0.2) is 18.8 Å². The summed E-state index contributed by atoms with van der Waals surface area (Å²) in [4.78, 5) is 0. The van der Waals surface area contributed by atoms with Gasteiger partial charge in [-0.2, -0.15) is 0 Å². The molecular weight excluding hydrogens is 248 g/mol. The first kappa shape index (κ1) is 13.9. The molecule has 0 spiro atoms. The summed E-state index contributed by atoms with van der Waals surface area (Å²) in [6.45, 7) is 7.52. The summed E-state index contributed by atoms with van der Waals surface area (Å²) in [6.07, 6.45) is 3.85. The average molecular weight is 274 g/mol. The average Bonchev–Trinajstić information content (AvgIpc) is 2.80. The minimum Gasteiger partial charge on any atom is -0.399 e. The molecule has 0 aliphatic heterocycles. The molecule has 0 amide bonds. The van der Waals surface area contributed by atoms with Gasteiger partial charge in [0.2, 0.25) is 0 Å². The van der Waals surface area contributed by atoms with E-state index in [4.69, 9.17) is 10.5 Å². The molecule has 20 heavy (non-hydrogen) atoms. The molecule has 3 N–H and O–H groups in total. The van der Waals surface area contributed by atoms with Crippen molar-refractivity contribution in [1.29, 1.82) is 0 Å². The number of nitrogens with one attached hydrogen (secondary N) is 1. The van der Waals surface area contributed by atoms with Crippen LogP contribution in [0.2, 0.25) is 0 Å². The van der Waals surface area contributed by atoms with Crippen LogP contribution < -0.4 is 11.1 Å². The number of anilines is 1. The molecule has 1 aromatic carbocycles. The molecule has 3 atom stereocenters. The molecule has 1 aromatic rings. The Labute approximate surface area is 121 Å². The summed E-state index contributed by atoms with van der Waals surface area (Å²) in [5, 5.41) is 3.85. The molecular formula is C17H26N2O. The van der Waals surface area contributed by atoms with Crippen molar-refractivity contribution in [1.82, 2.24) is 5.32 Å². The van der Waals surface area contributed by atoms with Crippen molar-refractivity contribution in [3.05, 3.63) is 29.3 Å². The van der Waals surface area contributed by atoms with Crippen LogP contribution in [0.3, 0.4) is 0 Å². The third-order valence-electron chi connectivity index (χ3n) is 5.19. The molecule has 0 heterocycles. The summed E-state index contributed by atoms with van der Waals surface area (Å²) in [6, 6.07) is 7.38. The van der Waals surface area contributed by atoms with E-state index in [1.54, 1.807) is 0 Å². The lowest BCUT2D eigenvalue weighted by Crippen LogP contribution is -2.61. The van der Waals surface area contributed by atoms with E-state index < -0.39 is 0 Å². The smallest absolute Gasteiger partial charge is 0.0655 e. The van der Waals surface area contributed by atoms with E-state index >= 15 is 0 Å². The van der Waals surface area contributed by atoms with Gasteiger partial charge in [-0.15, -0.1) is 0 Å². The van der Waals surface area contributed by atoms with Crippen LogP contribution in [-0.2, 0) is 11.2 Å². The SMILES string of the molecule is CCOC1CC(NC2CCc3cc(N)ccc32)C1(C)C. The molecule has 3 unspecified atom stereocenters. The standard InChI is InChI=1S/C17H26N2O/c1-4-20-16-10-15(17(16,2)3)19-14-8-5-11-9-12(18)6-7-13(11)14/h6-7,9,14-16,19H,4-5,8,10,18H2,1-3H3. The van der Waals surface area contributed by atoms with Crippen molar-refractivity contribution in [2.75, 3.05) is 12.3 Å². The number of ether oxygens (including phenoxy) is 1. The van der Waals surface area contributed by atoms with Crippen molar-refractivity contribution >= 4 is 5.69 Å². The quantitative estimate of drug-likeness (QED) is 0.830. The minimum absolute atomic E-state index is 0.229. The van der Waals surface area contributed by atoms with Crippen LogP contribution in [0.15, 0.2) is 18.2 Å². The van der Waals surface area contributed by atoms with Crippen LogP contribution in [0.5, 0.6) is 0 Å². The lowest BCUT2D eigenvalue weighted by atomic mass is 9.64. The van der Waals surface area contributed by atoms with Gasteiger partial charge in [-0.3, -0.25) is 0 Å². The molecule has 0 saturated heterocycles. The van der Waals surface area contributed by atoms with Crippen molar-refractivity contribution in [3.8, 4) is 0 Å². The molecule has 0 bridgehead atoms. The van der Waals surface area contributed by atoms with Gasteiger partial charge in [-0.25, -0.2) is 0 Å². The number of benzene rings is 1. The molecule has 3 heteroatoms. The molecule has 3 rings (SSSR count). The van der Waals surface area contributed by atoms with E-state index in [1.807, 2.05) is 6.07 Å². The van der Waals surface area contributed by atoms with Gasteiger partial charge in [-0.1, -0.05) is 19.9 Å².